The highest BCUT2D eigenvalue weighted by Gasteiger charge is 2.22. The Morgan fingerprint density at radius 1 is 1.17 bits per heavy atom. The number of halogens is 2. The van der Waals surface area contributed by atoms with Crippen molar-refractivity contribution in [1.82, 2.24) is 14.5 Å². The largest absolute Gasteiger partial charge is 0.383 e. The molecule has 120 valence electrons. The van der Waals surface area contributed by atoms with Crippen LogP contribution in [-0.2, 0) is 19.9 Å². The van der Waals surface area contributed by atoms with Crippen LogP contribution in [0.4, 0.5) is 10.2 Å². The first-order valence-electron chi connectivity index (χ1n) is 7.46. The van der Waals surface area contributed by atoms with Crippen molar-refractivity contribution in [2.75, 3.05) is 5.73 Å². The van der Waals surface area contributed by atoms with Crippen LogP contribution in [0.25, 0.3) is 22.2 Å². The van der Waals surface area contributed by atoms with Gasteiger partial charge in [-0.15, -0.1) is 12.4 Å². The molecule has 1 aliphatic rings. The summed E-state index contributed by atoms with van der Waals surface area (Å²) in [4.78, 5) is 8.67. The summed E-state index contributed by atoms with van der Waals surface area (Å²) >= 11 is 0. The van der Waals surface area contributed by atoms with Crippen molar-refractivity contribution in [3.63, 3.8) is 0 Å². The maximum Gasteiger partial charge on any atom is 0.146 e. The third-order valence-electron chi connectivity index (χ3n) is 4.46. The van der Waals surface area contributed by atoms with Crippen LogP contribution < -0.4 is 5.73 Å². The van der Waals surface area contributed by atoms with Crippen molar-refractivity contribution in [3.05, 3.63) is 41.1 Å². The Balaban J connectivity index is 0.00000156. The molecule has 0 amide bonds. The minimum Gasteiger partial charge on any atom is -0.383 e. The summed E-state index contributed by atoms with van der Waals surface area (Å²) in [7, 11) is 1.89. The van der Waals surface area contributed by atoms with Crippen LogP contribution in [0.3, 0.4) is 0 Å². The zero-order chi connectivity index (χ0) is 15.4. The summed E-state index contributed by atoms with van der Waals surface area (Å²) in [6.07, 6.45) is 4.68. The minimum absolute atomic E-state index is 0. The van der Waals surface area contributed by atoms with Gasteiger partial charge < -0.3 is 10.3 Å². The smallest absolute Gasteiger partial charge is 0.146 e. The van der Waals surface area contributed by atoms with Crippen molar-refractivity contribution < 1.29 is 4.39 Å². The molecule has 1 aromatic carbocycles. The van der Waals surface area contributed by atoms with Crippen molar-refractivity contribution in [1.29, 1.82) is 0 Å². The van der Waals surface area contributed by atoms with E-state index in [2.05, 4.69) is 9.97 Å². The Morgan fingerprint density at radius 2 is 1.96 bits per heavy atom. The Hall–Kier alpha value is -2.14. The fraction of sp³-hybridized carbons (Fsp3) is 0.294. The number of hydrogen-bond acceptors (Lipinski definition) is 3. The van der Waals surface area contributed by atoms with Gasteiger partial charge in [-0.05, 0) is 37.3 Å². The number of anilines is 1. The second-order valence-corrected chi connectivity index (χ2v) is 5.93. The molecule has 0 saturated carbocycles. The third-order valence-corrected chi connectivity index (χ3v) is 4.46. The first kappa shape index (κ1) is 15.7. The molecule has 0 bridgehead atoms. The van der Waals surface area contributed by atoms with Crippen LogP contribution in [0.15, 0.2) is 18.3 Å². The zero-order valence-electron chi connectivity index (χ0n) is 13.1. The fourth-order valence-electron chi connectivity index (χ4n) is 3.45. The van der Waals surface area contributed by atoms with E-state index in [9.17, 15) is 4.39 Å². The quantitative estimate of drug-likeness (QED) is 0.741. The Kier molecular flexibility index (Phi) is 3.76. The van der Waals surface area contributed by atoms with Gasteiger partial charge in [-0.1, -0.05) is 12.1 Å². The number of benzene rings is 1. The van der Waals surface area contributed by atoms with E-state index in [0.717, 1.165) is 47.0 Å². The van der Waals surface area contributed by atoms with Crippen LogP contribution in [-0.4, -0.2) is 14.5 Å². The van der Waals surface area contributed by atoms with Crippen LogP contribution in [0.1, 0.15) is 23.4 Å². The predicted molar refractivity (Wildman–Crippen MR) is 92.3 cm³/mol. The van der Waals surface area contributed by atoms with Crippen LogP contribution in [0.5, 0.6) is 0 Å². The van der Waals surface area contributed by atoms with Gasteiger partial charge in [0.2, 0.25) is 0 Å². The molecule has 4 rings (SSSR count). The summed E-state index contributed by atoms with van der Waals surface area (Å²) < 4.78 is 16.8. The molecule has 1 aliphatic carbocycles. The first-order chi connectivity index (χ1) is 10.6. The number of nitrogens with zero attached hydrogens (tertiary/aromatic N) is 3. The van der Waals surface area contributed by atoms with E-state index in [0.29, 0.717) is 17.2 Å². The molecule has 0 atom stereocenters. The SMILES string of the molecule is Cc1nc(N)c2c(-c3ccc4c(c3F)CCC4)cn(C)c2n1.Cl. The fourth-order valence-corrected chi connectivity index (χ4v) is 3.45. The van der Waals surface area contributed by atoms with E-state index < -0.39 is 0 Å². The molecule has 2 aromatic heterocycles. The highest BCUT2D eigenvalue weighted by atomic mass is 35.5. The average molecular weight is 333 g/mol. The second kappa shape index (κ2) is 5.49. The minimum atomic E-state index is -0.123. The molecule has 0 saturated heterocycles. The molecule has 6 heteroatoms. The lowest BCUT2D eigenvalue weighted by Gasteiger charge is -2.08. The van der Waals surface area contributed by atoms with Crippen molar-refractivity contribution in [2.24, 2.45) is 7.05 Å². The zero-order valence-corrected chi connectivity index (χ0v) is 13.9. The third kappa shape index (κ3) is 2.27. The van der Waals surface area contributed by atoms with Crippen molar-refractivity contribution in [3.8, 4) is 11.1 Å². The van der Waals surface area contributed by atoms with Gasteiger partial charge in [0.1, 0.15) is 23.1 Å². The molecule has 2 N–H and O–H groups in total. The van der Waals surface area contributed by atoms with E-state index in [1.807, 2.05) is 29.9 Å². The predicted octanol–water partition coefficient (Wildman–Crippen LogP) is 3.58. The molecule has 0 radical (unpaired) electrons. The van der Waals surface area contributed by atoms with E-state index in [1.165, 1.54) is 0 Å². The van der Waals surface area contributed by atoms with Gasteiger partial charge in [-0.25, -0.2) is 14.4 Å². The lowest BCUT2D eigenvalue weighted by molar-refractivity contribution is 0.616. The topological polar surface area (TPSA) is 56.7 Å². The summed E-state index contributed by atoms with van der Waals surface area (Å²) in [6, 6.07) is 3.89. The monoisotopic (exact) mass is 332 g/mol. The van der Waals surface area contributed by atoms with Gasteiger partial charge in [-0.2, -0.15) is 0 Å². The average Bonchev–Trinajstić information content (AvgIpc) is 3.05. The summed E-state index contributed by atoms with van der Waals surface area (Å²) in [5.41, 5.74) is 10.1. The van der Waals surface area contributed by atoms with Gasteiger partial charge in [0, 0.05) is 24.4 Å². The number of aromatic nitrogens is 3. The van der Waals surface area contributed by atoms with Crippen molar-refractivity contribution >= 4 is 29.3 Å². The van der Waals surface area contributed by atoms with Gasteiger partial charge in [0.05, 0.1) is 5.39 Å². The Bertz CT molecular complexity index is 917. The van der Waals surface area contributed by atoms with E-state index in [-0.39, 0.29) is 18.2 Å². The maximum absolute atomic E-state index is 14.9. The second-order valence-electron chi connectivity index (χ2n) is 5.93. The molecule has 0 aliphatic heterocycles. The van der Waals surface area contributed by atoms with Gasteiger partial charge in [0.15, 0.2) is 0 Å². The first-order valence-corrected chi connectivity index (χ1v) is 7.46. The van der Waals surface area contributed by atoms with Crippen LogP contribution in [0, 0.1) is 12.7 Å². The molecular weight excluding hydrogens is 315 g/mol. The molecule has 3 aromatic rings. The number of rotatable bonds is 1. The molecular formula is C17H18ClFN4. The van der Waals surface area contributed by atoms with Crippen LogP contribution in [0.2, 0.25) is 0 Å². The molecule has 4 nitrogen and oxygen atoms in total. The van der Waals surface area contributed by atoms with Gasteiger partial charge >= 0.3 is 0 Å². The maximum atomic E-state index is 14.9. The summed E-state index contributed by atoms with van der Waals surface area (Å²) in [6.45, 7) is 1.80. The number of hydrogen-bond donors (Lipinski definition) is 1. The summed E-state index contributed by atoms with van der Waals surface area (Å²) in [5, 5.41) is 0.727. The number of aryl methyl sites for hydroxylation is 3. The van der Waals surface area contributed by atoms with E-state index in [1.54, 1.807) is 6.92 Å². The standard InChI is InChI=1S/C17H17FN4.ClH/c1-9-20-16(19)14-13(8-22(2)17(14)21-9)12-7-6-10-4-3-5-11(10)15(12)18;/h6-8H,3-5H2,1-2H3,(H2,19,20,21);1H. The van der Waals surface area contributed by atoms with Crippen molar-refractivity contribution in [2.45, 2.75) is 26.2 Å². The van der Waals surface area contributed by atoms with Gasteiger partial charge in [0.25, 0.3) is 0 Å². The lowest BCUT2D eigenvalue weighted by atomic mass is 9.99. The summed E-state index contributed by atoms with van der Waals surface area (Å²) in [5.74, 6) is 0.896. The number of nitrogens with two attached hydrogens (primary N) is 1. The highest BCUT2D eigenvalue weighted by molar-refractivity contribution is 6.01. The molecule has 2 heterocycles. The Morgan fingerprint density at radius 3 is 2.74 bits per heavy atom. The van der Waals surface area contributed by atoms with E-state index >= 15 is 0 Å². The van der Waals surface area contributed by atoms with Crippen LogP contribution >= 0.6 is 12.4 Å². The van der Waals surface area contributed by atoms with E-state index in [4.69, 9.17) is 5.73 Å². The molecule has 0 spiro atoms. The molecule has 0 unspecified atom stereocenters. The van der Waals surface area contributed by atoms with Gasteiger partial charge in [-0.3, -0.25) is 0 Å². The molecule has 23 heavy (non-hydrogen) atoms. The Labute approximate surface area is 140 Å². The lowest BCUT2D eigenvalue weighted by Crippen LogP contribution is -1.99. The number of fused-ring (bicyclic) bond motifs is 2. The highest BCUT2D eigenvalue weighted by Crippen LogP contribution is 2.37. The molecule has 0 fully saturated rings. The number of nitrogen functional groups attached to an aromatic ring is 1. The normalized spacial score (nSPS) is 13.2.